The molecule has 1 aromatic rings. The van der Waals surface area contributed by atoms with E-state index in [0.717, 1.165) is 24.9 Å². The number of carbonyl (C=O) groups is 1. The van der Waals surface area contributed by atoms with Crippen LogP contribution < -0.4 is 5.32 Å². The van der Waals surface area contributed by atoms with Crippen molar-refractivity contribution < 1.29 is 4.79 Å². The molecule has 0 atom stereocenters. The molecule has 1 aliphatic carbocycles. The van der Waals surface area contributed by atoms with E-state index in [4.69, 9.17) is 11.6 Å². The Balaban J connectivity index is 1.83. The second kappa shape index (κ2) is 5.09. The zero-order chi connectivity index (χ0) is 12.3. The lowest BCUT2D eigenvalue weighted by Crippen LogP contribution is -2.32. The number of aryl methyl sites for hydroxylation is 1. The Labute approximate surface area is 107 Å². The Bertz CT molecular complexity index is 412. The van der Waals surface area contributed by atoms with E-state index in [2.05, 4.69) is 5.32 Å². The number of amides is 1. The molecule has 0 spiro atoms. The summed E-state index contributed by atoms with van der Waals surface area (Å²) >= 11 is 5.87. The molecular formula is C14H18ClNO. The fourth-order valence-corrected chi connectivity index (χ4v) is 2.23. The monoisotopic (exact) mass is 251 g/mol. The van der Waals surface area contributed by atoms with Gasteiger partial charge in [-0.3, -0.25) is 4.79 Å². The molecule has 0 bridgehead atoms. The maximum atomic E-state index is 11.8. The molecule has 3 heteroatoms. The Hall–Kier alpha value is -1.02. The molecule has 2 nitrogen and oxygen atoms in total. The highest BCUT2D eigenvalue weighted by Crippen LogP contribution is 2.45. The molecule has 17 heavy (non-hydrogen) atoms. The molecule has 1 fully saturated rings. The lowest BCUT2D eigenvalue weighted by molar-refractivity contribution is -0.120. The highest BCUT2D eigenvalue weighted by molar-refractivity contribution is 6.18. The van der Waals surface area contributed by atoms with Gasteiger partial charge in [0.1, 0.15) is 0 Å². The van der Waals surface area contributed by atoms with Crippen molar-refractivity contribution in [2.24, 2.45) is 5.41 Å². The molecule has 1 aromatic carbocycles. The lowest BCUT2D eigenvalue weighted by Gasteiger charge is -2.13. The van der Waals surface area contributed by atoms with Crippen LogP contribution in [0.3, 0.4) is 0 Å². The third-order valence-corrected chi connectivity index (χ3v) is 4.08. The summed E-state index contributed by atoms with van der Waals surface area (Å²) in [5.74, 6) is 0.744. The van der Waals surface area contributed by atoms with Crippen LogP contribution in [-0.2, 0) is 11.2 Å². The highest BCUT2D eigenvalue weighted by Gasteiger charge is 2.41. The van der Waals surface area contributed by atoms with Crippen LogP contribution in [-0.4, -0.2) is 18.3 Å². The lowest BCUT2D eigenvalue weighted by atomic mass is 10.1. The molecule has 2 rings (SSSR count). The van der Waals surface area contributed by atoms with E-state index < -0.39 is 0 Å². The van der Waals surface area contributed by atoms with Gasteiger partial charge in [-0.25, -0.2) is 0 Å². The van der Waals surface area contributed by atoms with Crippen molar-refractivity contribution in [2.75, 3.05) is 12.4 Å². The van der Waals surface area contributed by atoms with E-state index in [1.165, 1.54) is 5.56 Å². The zero-order valence-electron chi connectivity index (χ0n) is 10.1. The Kier molecular flexibility index (Phi) is 3.72. The standard InChI is InChI=1S/C14H18ClNO/c1-11-4-2-3-5-12(11)8-13(17)16-10-14(9-15)6-7-14/h2-5H,6-10H2,1H3,(H,16,17). The largest absolute Gasteiger partial charge is 0.355 e. The summed E-state index contributed by atoms with van der Waals surface area (Å²) in [5, 5.41) is 2.99. The average Bonchev–Trinajstić information content (AvgIpc) is 3.10. The molecule has 1 aliphatic rings. The van der Waals surface area contributed by atoms with Gasteiger partial charge in [0.15, 0.2) is 0 Å². The third-order valence-electron chi connectivity index (χ3n) is 3.51. The van der Waals surface area contributed by atoms with Crippen molar-refractivity contribution in [2.45, 2.75) is 26.2 Å². The molecular weight excluding hydrogens is 234 g/mol. The number of alkyl halides is 1. The van der Waals surface area contributed by atoms with Gasteiger partial charge in [-0.15, -0.1) is 11.6 Å². The predicted octanol–water partition coefficient (Wildman–Crippen LogP) is 2.67. The summed E-state index contributed by atoms with van der Waals surface area (Å²) in [4.78, 5) is 11.8. The van der Waals surface area contributed by atoms with Crippen LogP contribution in [0.2, 0.25) is 0 Å². The smallest absolute Gasteiger partial charge is 0.224 e. The van der Waals surface area contributed by atoms with Gasteiger partial charge in [-0.05, 0) is 30.9 Å². The van der Waals surface area contributed by atoms with Gasteiger partial charge < -0.3 is 5.32 Å². The second-order valence-corrected chi connectivity index (χ2v) is 5.28. The van der Waals surface area contributed by atoms with Crippen molar-refractivity contribution in [1.29, 1.82) is 0 Å². The molecule has 0 heterocycles. The van der Waals surface area contributed by atoms with Crippen LogP contribution in [0.15, 0.2) is 24.3 Å². The maximum Gasteiger partial charge on any atom is 0.224 e. The summed E-state index contributed by atoms with van der Waals surface area (Å²) in [6.07, 6.45) is 2.74. The minimum atomic E-state index is 0.0932. The van der Waals surface area contributed by atoms with Gasteiger partial charge in [-0.1, -0.05) is 24.3 Å². The number of rotatable bonds is 5. The zero-order valence-corrected chi connectivity index (χ0v) is 10.9. The maximum absolute atomic E-state index is 11.8. The van der Waals surface area contributed by atoms with Crippen LogP contribution in [0.4, 0.5) is 0 Å². The van der Waals surface area contributed by atoms with E-state index in [0.29, 0.717) is 12.3 Å². The first-order valence-corrected chi connectivity index (χ1v) is 6.56. The van der Waals surface area contributed by atoms with Crippen LogP contribution in [0.1, 0.15) is 24.0 Å². The van der Waals surface area contributed by atoms with E-state index in [9.17, 15) is 4.79 Å². The summed E-state index contributed by atoms with van der Waals surface area (Å²) in [6, 6.07) is 7.99. The Morgan fingerprint density at radius 3 is 2.71 bits per heavy atom. The minimum Gasteiger partial charge on any atom is -0.355 e. The normalized spacial score (nSPS) is 16.6. The average molecular weight is 252 g/mol. The third kappa shape index (κ3) is 3.22. The number of nitrogens with one attached hydrogen (secondary N) is 1. The first-order chi connectivity index (χ1) is 8.15. The molecule has 92 valence electrons. The van der Waals surface area contributed by atoms with E-state index in [1.807, 2.05) is 31.2 Å². The van der Waals surface area contributed by atoms with Gasteiger partial charge >= 0.3 is 0 Å². The summed E-state index contributed by atoms with van der Waals surface area (Å²) < 4.78 is 0. The number of halogens is 1. The second-order valence-electron chi connectivity index (χ2n) is 5.01. The summed E-state index contributed by atoms with van der Waals surface area (Å²) in [5.41, 5.74) is 2.46. The first kappa shape index (κ1) is 12.4. The van der Waals surface area contributed by atoms with E-state index >= 15 is 0 Å². The van der Waals surface area contributed by atoms with Gasteiger partial charge in [0.25, 0.3) is 0 Å². The molecule has 0 saturated heterocycles. The Morgan fingerprint density at radius 1 is 1.41 bits per heavy atom. The molecule has 0 unspecified atom stereocenters. The van der Waals surface area contributed by atoms with Crippen LogP contribution in [0.25, 0.3) is 0 Å². The van der Waals surface area contributed by atoms with Crippen LogP contribution >= 0.6 is 11.6 Å². The minimum absolute atomic E-state index is 0.0932. The fourth-order valence-electron chi connectivity index (χ4n) is 1.86. The van der Waals surface area contributed by atoms with Crippen molar-refractivity contribution in [3.63, 3.8) is 0 Å². The molecule has 0 aliphatic heterocycles. The number of hydrogen-bond donors (Lipinski definition) is 1. The van der Waals surface area contributed by atoms with Crippen LogP contribution in [0.5, 0.6) is 0 Å². The summed E-state index contributed by atoms with van der Waals surface area (Å²) in [6.45, 7) is 2.75. The molecule has 1 saturated carbocycles. The van der Waals surface area contributed by atoms with Crippen molar-refractivity contribution in [1.82, 2.24) is 5.32 Å². The number of carbonyl (C=O) groups excluding carboxylic acids is 1. The quantitative estimate of drug-likeness (QED) is 0.801. The molecule has 0 aromatic heterocycles. The number of benzene rings is 1. The first-order valence-electron chi connectivity index (χ1n) is 6.02. The highest BCUT2D eigenvalue weighted by atomic mass is 35.5. The fraction of sp³-hybridized carbons (Fsp3) is 0.500. The van der Waals surface area contributed by atoms with Gasteiger partial charge in [0, 0.05) is 17.8 Å². The van der Waals surface area contributed by atoms with Crippen molar-refractivity contribution >= 4 is 17.5 Å². The predicted molar refractivity (Wildman–Crippen MR) is 70.3 cm³/mol. The van der Waals surface area contributed by atoms with E-state index in [1.54, 1.807) is 0 Å². The van der Waals surface area contributed by atoms with Gasteiger partial charge in [0.05, 0.1) is 6.42 Å². The van der Waals surface area contributed by atoms with Crippen molar-refractivity contribution in [3.05, 3.63) is 35.4 Å². The Morgan fingerprint density at radius 2 is 2.12 bits per heavy atom. The number of hydrogen-bond acceptors (Lipinski definition) is 1. The SMILES string of the molecule is Cc1ccccc1CC(=O)NCC1(CCl)CC1. The van der Waals surface area contributed by atoms with E-state index in [-0.39, 0.29) is 11.3 Å². The molecule has 1 N–H and O–H groups in total. The van der Waals surface area contributed by atoms with Crippen LogP contribution in [0, 0.1) is 12.3 Å². The van der Waals surface area contributed by atoms with Gasteiger partial charge in [0.2, 0.25) is 5.91 Å². The molecule has 0 radical (unpaired) electrons. The molecule has 1 amide bonds. The topological polar surface area (TPSA) is 29.1 Å². The summed E-state index contributed by atoms with van der Waals surface area (Å²) in [7, 11) is 0. The van der Waals surface area contributed by atoms with Gasteiger partial charge in [-0.2, -0.15) is 0 Å². The van der Waals surface area contributed by atoms with Crippen molar-refractivity contribution in [3.8, 4) is 0 Å².